The van der Waals surface area contributed by atoms with Crippen molar-refractivity contribution in [3.63, 3.8) is 0 Å². The van der Waals surface area contributed by atoms with Crippen molar-refractivity contribution in [2.45, 2.75) is 25.5 Å². The van der Waals surface area contributed by atoms with E-state index in [1.54, 1.807) is 53.1 Å². The van der Waals surface area contributed by atoms with Crippen molar-refractivity contribution in [2.24, 2.45) is 5.92 Å². The molecule has 0 radical (unpaired) electrons. The molecule has 4 aromatic rings. The summed E-state index contributed by atoms with van der Waals surface area (Å²) in [5.74, 6) is -0.143. The van der Waals surface area contributed by atoms with Crippen LogP contribution >= 0.6 is 15.9 Å². The maximum Gasteiger partial charge on any atom is 0.266 e. The number of para-hydroxylation sites is 3. The van der Waals surface area contributed by atoms with Gasteiger partial charge in [-0.25, -0.2) is 0 Å². The average molecular weight is 626 g/mol. The SMILES string of the molecule is C[C@H](/C=C/CCO)[C@@]1(O)C(=O)N(Cc2cccc(N3C(=O)c4ccccc4Oc4ccccc43)c2)c2ccc(Br)cc21. The lowest BCUT2D eigenvalue weighted by Gasteiger charge is -2.28. The second-order valence-electron chi connectivity index (χ2n) is 10.4. The van der Waals surface area contributed by atoms with Gasteiger partial charge in [-0.2, -0.15) is 0 Å². The Kier molecular flexibility index (Phi) is 7.45. The lowest BCUT2D eigenvalue weighted by Crippen LogP contribution is -2.44. The molecule has 2 heterocycles. The first-order valence-corrected chi connectivity index (χ1v) is 14.5. The number of halogens is 1. The highest BCUT2D eigenvalue weighted by Crippen LogP contribution is 2.47. The Labute approximate surface area is 252 Å². The van der Waals surface area contributed by atoms with E-state index in [4.69, 9.17) is 4.74 Å². The van der Waals surface area contributed by atoms with Gasteiger partial charge in [-0.15, -0.1) is 0 Å². The van der Waals surface area contributed by atoms with E-state index in [1.807, 2.05) is 66.7 Å². The number of hydrogen-bond acceptors (Lipinski definition) is 5. The summed E-state index contributed by atoms with van der Waals surface area (Å²) in [5, 5.41) is 21.1. The van der Waals surface area contributed by atoms with E-state index in [1.165, 1.54) is 0 Å². The highest BCUT2D eigenvalue weighted by molar-refractivity contribution is 9.10. The number of amides is 2. The maximum atomic E-state index is 14.0. The topological polar surface area (TPSA) is 90.3 Å². The molecule has 0 aromatic heterocycles. The molecule has 2 aliphatic heterocycles. The van der Waals surface area contributed by atoms with Crippen LogP contribution in [0.25, 0.3) is 0 Å². The van der Waals surface area contributed by atoms with Gasteiger partial charge in [0.2, 0.25) is 0 Å². The van der Waals surface area contributed by atoms with E-state index in [0.29, 0.717) is 46.1 Å². The largest absolute Gasteiger partial charge is 0.454 e. The zero-order valence-electron chi connectivity index (χ0n) is 22.9. The predicted molar refractivity (Wildman–Crippen MR) is 165 cm³/mol. The molecular formula is C34H29BrN2O5. The van der Waals surface area contributed by atoms with Crippen molar-refractivity contribution in [3.05, 3.63) is 124 Å². The Morgan fingerprint density at radius 2 is 1.69 bits per heavy atom. The van der Waals surface area contributed by atoms with Gasteiger partial charge in [-0.1, -0.05) is 71.4 Å². The molecule has 0 fully saturated rings. The molecule has 0 aliphatic carbocycles. The molecule has 7 nitrogen and oxygen atoms in total. The third kappa shape index (κ3) is 4.71. The summed E-state index contributed by atoms with van der Waals surface area (Å²) >= 11 is 3.49. The third-order valence-electron chi connectivity index (χ3n) is 7.77. The van der Waals surface area contributed by atoms with Crippen molar-refractivity contribution >= 4 is 44.8 Å². The Balaban J connectivity index is 1.38. The summed E-state index contributed by atoms with van der Waals surface area (Å²) in [6, 6.07) is 27.5. The molecule has 6 rings (SSSR count). The smallest absolute Gasteiger partial charge is 0.266 e. The number of aliphatic hydroxyl groups excluding tert-OH is 1. The molecule has 2 amide bonds. The number of ether oxygens (including phenoxy) is 1. The Morgan fingerprint density at radius 1 is 0.929 bits per heavy atom. The van der Waals surface area contributed by atoms with Crippen LogP contribution in [0, 0.1) is 5.92 Å². The quantitative estimate of drug-likeness (QED) is 0.220. The van der Waals surface area contributed by atoms with Gasteiger partial charge in [0.15, 0.2) is 11.4 Å². The fourth-order valence-electron chi connectivity index (χ4n) is 5.63. The number of rotatable bonds is 7. The van der Waals surface area contributed by atoms with Crippen LogP contribution in [0.4, 0.5) is 17.1 Å². The molecular weight excluding hydrogens is 596 g/mol. The van der Waals surface area contributed by atoms with Gasteiger partial charge < -0.3 is 19.8 Å². The summed E-state index contributed by atoms with van der Waals surface area (Å²) < 4.78 is 6.89. The van der Waals surface area contributed by atoms with Gasteiger partial charge in [0.05, 0.1) is 23.5 Å². The van der Waals surface area contributed by atoms with Crippen LogP contribution in [0.1, 0.15) is 34.8 Å². The van der Waals surface area contributed by atoms with Gasteiger partial charge in [0.25, 0.3) is 11.8 Å². The van der Waals surface area contributed by atoms with E-state index in [-0.39, 0.29) is 19.1 Å². The first-order chi connectivity index (χ1) is 20.3. The van der Waals surface area contributed by atoms with Gasteiger partial charge in [-0.3, -0.25) is 14.5 Å². The lowest BCUT2D eigenvalue weighted by atomic mass is 9.83. The Morgan fingerprint density at radius 3 is 2.50 bits per heavy atom. The van der Waals surface area contributed by atoms with Crippen LogP contribution < -0.4 is 14.5 Å². The molecule has 0 spiro atoms. The number of benzene rings is 4. The second-order valence-corrected chi connectivity index (χ2v) is 11.3. The zero-order chi connectivity index (χ0) is 29.4. The van der Waals surface area contributed by atoms with Crippen molar-refractivity contribution in [2.75, 3.05) is 16.4 Å². The standard InChI is InChI=1S/C34H29BrN2O5/c1-22(9-6-7-18-38)34(41)27-20-24(35)16-17-28(27)36(33(34)40)21-23-10-8-11-25(19-23)37-29-13-3-5-15-31(29)42-30-14-4-2-12-26(30)32(37)39/h2-6,8-17,19-20,22,38,41H,7,18,21H2,1H3/b9-6+/t22-,34+/m1/s1. The summed E-state index contributed by atoms with van der Waals surface area (Å²) in [5.41, 5.74) is 1.84. The first kappa shape index (κ1) is 27.9. The molecule has 42 heavy (non-hydrogen) atoms. The van der Waals surface area contributed by atoms with E-state index in [9.17, 15) is 19.8 Å². The molecule has 212 valence electrons. The van der Waals surface area contributed by atoms with Gasteiger partial charge in [-0.05, 0) is 66.6 Å². The van der Waals surface area contributed by atoms with Crippen LogP contribution in [0.2, 0.25) is 0 Å². The van der Waals surface area contributed by atoms with Crippen LogP contribution in [0.15, 0.2) is 108 Å². The van der Waals surface area contributed by atoms with Crippen LogP contribution in [-0.2, 0) is 16.9 Å². The van der Waals surface area contributed by atoms with Crippen molar-refractivity contribution in [1.29, 1.82) is 0 Å². The molecule has 2 atom stereocenters. The Bertz CT molecular complexity index is 1720. The van der Waals surface area contributed by atoms with Crippen LogP contribution in [-0.4, -0.2) is 28.6 Å². The predicted octanol–water partition coefficient (Wildman–Crippen LogP) is 6.84. The number of nitrogens with zero attached hydrogens (tertiary/aromatic N) is 2. The van der Waals surface area contributed by atoms with E-state index < -0.39 is 17.4 Å². The number of hydrogen-bond donors (Lipinski definition) is 2. The average Bonchev–Trinajstić information content (AvgIpc) is 3.12. The number of carbonyl (C=O) groups is 2. The molecule has 0 unspecified atom stereocenters. The highest BCUT2D eigenvalue weighted by atomic mass is 79.9. The Hall–Kier alpha value is -4.24. The molecule has 0 saturated heterocycles. The number of aliphatic hydroxyl groups is 2. The van der Waals surface area contributed by atoms with Gasteiger partial charge in [0, 0.05) is 28.2 Å². The highest BCUT2D eigenvalue weighted by Gasteiger charge is 2.52. The minimum absolute atomic E-state index is 0.0120. The molecule has 2 N–H and O–H groups in total. The fourth-order valence-corrected chi connectivity index (χ4v) is 5.99. The fraction of sp³-hybridized carbons (Fsp3) is 0.176. The third-order valence-corrected chi connectivity index (χ3v) is 8.26. The minimum atomic E-state index is -1.77. The molecule has 0 saturated carbocycles. The van der Waals surface area contributed by atoms with Crippen molar-refractivity contribution < 1.29 is 24.5 Å². The van der Waals surface area contributed by atoms with Crippen LogP contribution in [0.3, 0.4) is 0 Å². The maximum absolute atomic E-state index is 14.0. The second kappa shape index (κ2) is 11.2. The van der Waals surface area contributed by atoms with Crippen molar-refractivity contribution in [1.82, 2.24) is 0 Å². The number of anilines is 3. The summed E-state index contributed by atoms with van der Waals surface area (Å²) in [6.07, 6.45) is 3.98. The number of carbonyl (C=O) groups excluding carboxylic acids is 2. The van der Waals surface area contributed by atoms with Crippen molar-refractivity contribution in [3.8, 4) is 11.5 Å². The lowest BCUT2D eigenvalue weighted by molar-refractivity contribution is -0.139. The van der Waals surface area contributed by atoms with Crippen LogP contribution in [0.5, 0.6) is 11.5 Å². The van der Waals surface area contributed by atoms with E-state index in [0.717, 1.165) is 10.0 Å². The zero-order valence-corrected chi connectivity index (χ0v) is 24.5. The van der Waals surface area contributed by atoms with E-state index >= 15 is 0 Å². The van der Waals surface area contributed by atoms with Gasteiger partial charge in [0.1, 0.15) is 5.75 Å². The molecule has 2 aliphatic rings. The molecule has 8 heteroatoms. The monoisotopic (exact) mass is 624 g/mol. The normalized spacial score (nSPS) is 18.4. The molecule has 0 bridgehead atoms. The van der Waals surface area contributed by atoms with Gasteiger partial charge >= 0.3 is 0 Å². The first-order valence-electron chi connectivity index (χ1n) is 13.7. The molecule has 4 aromatic carbocycles. The summed E-state index contributed by atoms with van der Waals surface area (Å²) in [6.45, 7) is 1.97. The summed E-state index contributed by atoms with van der Waals surface area (Å²) in [4.78, 5) is 31.1. The summed E-state index contributed by atoms with van der Waals surface area (Å²) in [7, 11) is 0. The number of fused-ring (bicyclic) bond motifs is 3. The van der Waals surface area contributed by atoms with E-state index in [2.05, 4.69) is 15.9 Å². The minimum Gasteiger partial charge on any atom is -0.454 e.